The molecular weight excluding hydrogens is 184 g/mol. The normalized spacial score (nSPS) is 20.6. The molecular formula is C11H13F2N. The fourth-order valence-electron chi connectivity index (χ4n) is 1.98. The van der Waals surface area contributed by atoms with Gasteiger partial charge in [-0.25, -0.2) is 8.78 Å². The summed E-state index contributed by atoms with van der Waals surface area (Å²) >= 11 is 0. The fraction of sp³-hybridized carbons (Fsp3) is 0.455. The molecule has 1 nitrogen and oxygen atoms in total. The maximum absolute atomic E-state index is 13.4. The zero-order valence-corrected chi connectivity index (χ0v) is 8.06. The molecule has 1 aromatic carbocycles. The van der Waals surface area contributed by atoms with Crippen molar-refractivity contribution in [1.82, 2.24) is 0 Å². The van der Waals surface area contributed by atoms with Crippen LogP contribution in [0, 0.1) is 11.6 Å². The number of hydrogen-bond donors (Lipinski definition) is 1. The molecule has 0 spiro atoms. The molecule has 0 bridgehead atoms. The first kappa shape index (κ1) is 9.59. The van der Waals surface area contributed by atoms with Crippen LogP contribution in [-0.4, -0.2) is 6.04 Å². The van der Waals surface area contributed by atoms with Gasteiger partial charge in [0.1, 0.15) is 11.6 Å². The number of halogens is 2. The first-order valence-electron chi connectivity index (χ1n) is 4.77. The van der Waals surface area contributed by atoms with Gasteiger partial charge in [0.2, 0.25) is 0 Å². The smallest absolute Gasteiger partial charge is 0.127 e. The molecule has 1 aromatic rings. The molecule has 1 aliphatic carbocycles. The van der Waals surface area contributed by atoms with Crippen molar-refractivity contribution in [1.29, 1.82) is 0 Å². The second-order valence-electron chi connectivity index (χ2n) is 4.07. The van der Waals surface area contributed by atoms with Crippen LogP contribution in [0.3, 0.4) is 0 Å². The maximum Gasteiger partial charge on any atom is 0.127 e. The summed E-state index contributed by atoms with van der Waals surface area (Å²) in [6, 6.07) is 3.45. The number of benzene rings is 1. The highest BCUT2D eigenvalue weighted by Crippen LogP contribution is 2.51. The molecule has 1 saturated carbocycles. The van der Waals surface area contributed by atoms with E-state index in [-0.39, 0.29) is 17.3 Å². The first-order valence-corrected chi connectivity index (χ1v) is 4.77. The molecule has 0 radical (unpaired) electrons. The van der Waals surface area contributed by atoms with Crippen LogP contribution in [0.4, 0.5) is 8.78 Å². The van der Waals surface area contributed by atoms with Gasteiger partial charge in [0.05, 0.1) is 0 Å². The summed E-state index contributed by atoms with van der Waals surface area (Å²) in [5.74, 6) is -0.741. The fourth-order valence-corrected chi connectivity index (χ4v) is 1.98. The van der Waals surface area contributed by atoms with E-state index >= 15 is 0 Å². The predicted molar refractivity (Wildman–Crippen MR) is 50.9 cm³/mol. The van der Waals surface area contributed by atoms with Crippen molar-refractivity contribution in [2.45, 2.75) is 31.2 Å². The summed E-state index contributed by atoms with van der Waals surface area (Å²) in [5, 5.41) is 0. The van der Waals surface area contributed by atoms with Gasteiger partial charge in [-0.2, -0.15) is 0 Å². The molecule has 0 amide bonds. The van der Waals surface area contributed by atoms with Gasteiger partial charge < -0.3 is 5.73 Å². The molecule has 1 unspecified atom stereocenters. The van der Waals surface area contributed by atoms with E-state index in [1.54, 1.807) is 0 Å². The Kier molecular flexibility index (Phi) is 2.07. The Hall–Kier alpha value is -0.960. The molecule has 0 heterocycles. The summed E-state index contributed by atoms with van der Waals surface area (Å²) in [5.41, 5.74) is 5.92. The van der Waals surface area contributed by atoms with Crippen molar-refractivity contribution in [2.24, 2.45) is 5.73 Å². The van der Waals surface area contributed by atoms with Crippen molar-refractivity contribution >= 4 is 0 Å². The Labute approximate surface area is 81.9 Å². The minimum Gasteiger partial charge on any atom is -0.327 e. The molecule has 0 aliphatic heterocycles. The number of hydrogen-bond acceptors (Lipinski definition) is 1. The zero-order chi connectivity index (χ0) is 10.3. The van der Waals surface area contributed by atoms with E-state index in [0.29, 0.717) is 5.56 Å². The molecule has 14 heavy (non-hydrogen) atoms. The monoisotopic (exact) mass is 197 g/mol. The van der Waals surface area contributed by atoms with Crippen molar-refractivity contribution in [3.8, 4) is 0 Å². The molecule has 1 fully saturated rings. The van der Waals surface area contributed by atoms with E-state index < -0.39 is 5.82 Å². The van der Waals surface area contributed by atoms with Crippen molar-refractivity contribution in [2.75, 3.05) is 0 Å². The molecule has 1 aliphatic rings. The lowest BCUT2D eigenvalue weighted by Crippen LogP contribution is -2.32. The second kappa shape index (κ2) is 3.02. The highest BCUT2D eigenvalue weighted by Gasteiger charge is 2.49. The molecule has 76 valence electrons. The van der Waals surface area contributed by atoms with Gasteiger partial charge >= 0.3 is 0 Å². The van der Waals surface area contributed by atoms with Gasteiger partial charge in [-0.3, -0.25) is 0 Å². The van der Waals surface area contributed by atoms with Crippen molar-refractivity contribution in [3.05, 3.63) is 35.4 Å². The van der Waals surface area contributed by atoms with Gasteiger partial charge in [0.15, 0.2) is 0 Å². The van der Waals surface area contributed by atoms with Gasteiger partial charge in [-0.15, -0.1) is 0 Å². The van der Waals surface area contributed by atoms with Crippen LogP contribution >= 0.6 is 0 Å². The van der Waals surface area contributed by atoms with Crippen LogP contribution in [0.1, 0.15) is 25.3 Å². The maximum atomic E-state index is 13.4. The van der Waals surface area contributed by atoms with E-state index in [1.807, 2.05) is 6.92 Å². The minimum absolute atomic E-state index is 0.126. The van der Waals surface area contributed by atoms with Gasteiger partial charge in [0.25, 0.3) is 0 Å². The molecule has 2 rings (SSSR count). The standard InChI is InChI=1S/C11H13F2N/c1-7(14)11(4-5-11)9-6-8(12)2-3-10(9)13/h2-3,6-7H,4-5,14H2,1H3. The Bertz CT molecular complexity index is 356. The third-order valence-electron chi connectivity index (χ3n) is 3.13. The van der Waals surface area contributed by atoms with E-state index in [4.69, 9.17) is 5.73 Å². The molecule has 2 N–H and O–H groups in total. The molecule has 0 saturated heterocycles. The van der Waals surface area contributed by atoms with Crippen LogP contribution in [-0.2, 0) is 5.41 Å². The summed E-state index contributed by atoms with van der Waals surface area (Å²) in [4.78, 5) is 0. The number of nitrogens with two attached hydrogens (primary N) is 1. The van der Waals surface area contributed by atoms with E-state index in [2.05, 4.69) is 0 Å². The molecule has 3 heteroatoms. The summed E-state index contributed by atoms with van der Waals surface area (Å²) in [7, 11) is 0. The Balaban J connectivity index is 2.46. The quantitative estimate of drug-likeness (QED) is 0.773. The minimum atomic E-state index is -0.395. The zero-order valence-electron chi connectivity index (χ0n) is 8.06. The average Bonchev–Trinajstić information content (AvgIpc) is 2.90. The predicted octanol–water partition coefficient (Wildman–Crippen LogP) is 2.34. The highest BCUT2D eigenvalue weighted by molar-refractivity contribution is 5.35. The van der Waals surface area contributed by atoms with E-state index in [1.165, 1.54) is 12.1 Å². The largest absolute Gasteiger partial charge is 0.327 e. The Morgan fingerprint density at radius 2 is 2.00 bits per heavy atom. The van der Waals surface area contributed by atoms with E-state index in [0.717, 1.165) is 18.9 Å². The van der Waals surface area contributed by atoms with Crippen LogP contribution in [0.5, 0.6) is 0 Å². The summed E-state index contributed by atoms with van der Waals surface area (Å²) < 4.78 is 26.4. The van der Waals surface area contributed by atoms with Crippen molar-refractivity contribution in [3.63, 3.8) is 0 Å². The van der Waals surface area contributed by atoms with Crippen LogP contribution in [0.2, 0.25) is 0 Å². The second-order valence-corrected chi connectivity index (χ2v) is 4.07. The number of rotatable bonds is 2. The first-order chi connectivity index (χ1) is 6.56. The van der Waals surface area contributed by atoms with Gasteiger partial charge in [-0.05, 0) is 43.5 Å². The Morgan fingerprint density at radius 1 is 1.36 bits per heavy atom. The summed E-state index contributed by atoms with van der Waals surface area (Å²) in [6.45, 7) is 1.84. The van der Waals surface area contributed by atoms with Crippen LogP contribution < -0.4 is 5.73 Å². The lowest BCUT2D eigenvalue weighted by molar-refractivity contribution is 0.503. The van der Waals surface area contributed by atoms with Crippen molar-refractivity contribution < 1.29 is 8.78 Å². The topological polar surface area (TPSA) is 26.0 Å². The third kappa shape index (κ3) is 1.32. The van der Waals surface area contributed by atoms with Crippen LogP contribution in [0.25, 0.3) is 0 Å². The van der Waals surface area contributed by atoms with E-state index in [9.17, 15) is 8.78 Å². The average molecular weight is 197 g/mol. The lowest BCUT2D eigenvalue weighted by Gasteiger charge is -2.20. The molecule has 0 aromatic heterocycles. The summed E-state index contributed by atoms with van der Waals surface area (Å²) in [6.07, 6.45) is 1.70. The van der Waals surface area contributed by atoms with Crippen LogP contribution in [0.15, 0.2) is 18.2 Å². The molecule has 1 atom stereocenters. The van der Waals surface area contributed by atoms with Gasteiger partial charge in [-0.1, -0.05) is 0 Å². The highest BCUT2D eigenvalue weighted by atomic mass is 19.1. The third-order valence-corrected chi connectivity index (χ3v) is 3.13. The van der Waals surface area contributed by atoms with Gasteiger partial charge in [0, 0.05) is 11.5 Å². The SMILES string of the molecule is CC(N)C1(c2cc(F)ccc2F)CC1. The lowest BCUT2D eigenvalue weighted by atomic mass is 9.89. The Morgan fingerprint density at radius 3 is 2.50 bits per heavy atom.